The number of fused-ring (bicyclic) bond motifs is 3. The molecule has 0 atom stereocenters. The van der Waals surface area contributed by atoms with Gasteiger partial charge in [-0.15, -0.1) is 0 Å². The number of carbonyl (C=O) groups excluding carboxylic acids is 1. The van der Waals surface area contributed by atoms with Gasteiger partial charge in [0.05, 0.1) is 24.1 Å². The van der Waals surface area contributed by atoms with Crippen LogP contribution < -0.4 is 15.8 Å². The summed E-state index contributed by atoms with van der Waals surface area (Å²) in [5.41, 5.74) is 10.9. The number of benzene rings is 2. The summed E-state index contributed by atoms with van der Waals surface area (Å²) in [6.45, 7) is 0.746. The Labute approximate surface area is 145 Å². The van der Waals surface area contributed by atoms with Gasteiger partial charge in [0.25, 0.3) is 5.91 Å². The molecule has 4 N–H and O–H groups in total. The smallest absolute Gasteiger partial charge is 0.251 e. The number of rotatable bonds is 3. The van der Waals surface area contributed by atoms with Gasteiger partial charge in [0.1, 0.15) is 5.75 Å². The zero-order chi connectivity index (χ0) is 17.4. The van der Waals surface area contributed by atoms with Crippen LogP contribution in [0, 0.1) is 0 Å². The Morgan fingerprint density at radius 3 is 2.68 bits per heavy atom. The third-order valence-corrected chi connectivity index (χ3v) is 4.60. The van der Waals surface area contributed by atoms with Gasteiger partial charge >= 0.3 is 0 Å². The number of hydrogen-bond donors (Lipinski definition) is 3. The van der Waals surface area contributed by atoms with Crippen molar-refractivity contribution >= 4 is 28.1 Å². The maximum absolute atomic E-state index is 12.2. The van der Waals surface area contributed by atoms with Crippen molar-refractivity contribution in [3.8, 4) is 5.75 Å². The largest absolute Gasteiger partial charge is 0.497 e. The lowest BCUT2D eigenvalue weighted by Gasteiger charge is -2.21. The molecule has 1 aromatic heterocycles. The van der Waals surface area contributed by atoms with Crippen LogP contribution in [0.25, 0.3) is 22.2 Å². The zero-order valence-electron chi connectivity index (χ0n) is 13.9. The Kier molecular flexibility index (Phi) is 3.69. The number of nitrogens with one attached hydrogen (secondary N) is 2. The topological polar surface area (TPSA) is 80.1 Å². The number of hydrogen-bond acceptors (Lipinski definition) is 3. The molecule has 1 aliphatic heterocycles. The Hall–Kier alpha value is -3.21. The molecule has 0 saturated heterocycles. The molecular formula is C20H19N3O2. The highest BCUT2D eigenvalue weighted by atomic mass is 16.5. The average molecular weight is 333 g/mol. The molecule has 0 bridgehead atoms. The van der Waals surface area contributed by atoms with Crippen molar-refractivity contribution in [2.24, 2.45) is 5.73 Å². The minimum absolute atomic E-state index is 0.446. The second-order valence-corrected chi connectivity index (χ2v) is 6.05. The van der Waals surface area contributed by atoms with E-state index in [1.165, 1.54) is 5.56 Å². The molecule has 5 nitrogen and oxygen atoms in total. The van der Waals surface area contributed by atoms with Crippen LogP contribution in [0.4, 0.5) is 0 Å². The minimum atomic E-state index is -0.446. The van der Waals surface area contributed by atoms with E-state index in [4.69, 9.17) is 10.5 Å². The average Bonchev–Trinajstić information content (AvgIpc) is 3.01. The minimum Gasteiger partial charge on any atom is -0.497 e. The van der Waals surface area contributed by atoms with E-state index in [2.05, 4.69) is 10.3 Å². The molecule has 0 spiro atoms. The summed E-state index contributed by atoms with van der Waals surface area (Å²) in [6, 6.07) is 15.5. The number of methoxy groups -OCH3 is 1. The molecule has 3 aromatic rings. The van der Waals surface area contributed by atoms with Gasteiger partial charge in [-0.2, -0.15) is 0 Å². The molecular weight excluding hydrogens is 314 g/mol. The fourth-order valence-electron chi connectivity index (χ4n) is 3.46. The molecule has 4 rings (SSSR count). The zero-order valence-corrected chi connectivity index (χ0v) is 13.9. The standard InChI is InChI=1S/C20H19N3O2/c1-25-13-7-8-16-15(11-13)14-9-10-22-19(18(14)23-16)17(20(21)24)12-5-3-2-4-6-12/h2-8,11,22-23H,9-10H2,1H3,(H2,21,24)/b19-17-. The van der Waals surface area contributed by atoms with E-state index in [1.807, 2.05) is 48.5 Å². The van der Waals surface area contributed by atoms with Crippen LogP contribution in [0.15, 0.2) is 48.5 Å². The molecule has 0 aliphatic carbocycles. The Balaban J connectivity index is 1.98. The van der Waals surface area contributed by atoms with Crippen LogP contribution in [0.5, 0.6) is 5.75 Å². The summed E-state index contributed by atoms with van der Waals surface area (Å²) in [6.07, 6.45) is 0.868. The number of aromatic amines is 1. The predicted octanol–water partition coefficient (Wildman–Crippen LogP) is 2.68. The molecule has 2 aromatic carbocycles. The van der Waals surface area contributed by atoms with Crippen molar-refractivity contribution < 1.29 is 9.53 Å². The van der Waals surface area contributed by atoms with E-state index in [0.29, 0.717) is 5.57 Å². The van der Waals surface area contributed by atoms with Crippen molar-refractivity contribution in [1.82, 2.24) is 10.3 Å². The van der Waals surface area contributed by atoms with E-state index in [9.17, 15) is 4.79 Å². The monoisotopic (exact) mass is 333 g/mol. The molecule has 0 saturated carbocycles. The lowest BCUT2D eigenvalue weighted by Crippen LogP contribution is -2.27. The lowest BCUT2D eigenvalue weighted by molar-refractivity contribution is -0.112. The molecule has 1 aliphatic rings. The lowest BCUT2D eigenvalue weighted by atomic mass is 9.95. The van der Waals surface area contributed by atoms with Crippen molar-refractivity contribution in [3.05, 3.63) is 65.4 Å². The van der Waals surface area contributed by atoms with Crippen LogP contribution >= 0.6 is 0 Å². The quantitative estimate of drug-likeness (QED) is 0.645. The van der Waals surface area contributed by atoms with Gasteiger partial charge in [0.15, 0.2) is 0 Å². The molecule has 0 radical (unpaired) electrons. The summed E-state index contributed by atoms with van der Waals surface area (Å²) in [5.74, 6) is 0.370. The predicted molar refractivity (Wildman–Crippen MR) is 99.0 cm³/mol. The first-order chi connectivity index (χ1) is 12.2. The van der Waals surface area contributed by atoms with Crippen molar-refractivity contribution in [1.29, 1.82) is 0 Å². The summed E-state index contributed by atoms with van der Waals surface area (Å²) in [5, 5.41) is 4.48. The highest BCUT2D eigenvalue weighted by molar-refractivity contribution is 6.26. The number of nitrogens with two attached hydrogens (primary N) is 1. The SMILES string of the molecule is COc1ccc2[nH]c3c(c2c1)CCN/C3=C(\C(N)=O)c1ccccc1. The van der Waals surface area contributed by atoms with Crippen molar-refractivity contribution in [3.63, 3.8) is 0 Å². The van der Waals surface area contributed by atoms with Crippen molar-refractivity contribution in [2.75, 3.05) is 13.7 Å². The van der Waals surface area contributed by atoms with Gasteiger partial charge in [-0.1, -0.05) is 30.3 Å². The van der Waals surface area contributed by atoms with E-state index >= 15 is 0 Å². The summed E-state index contributed by atoms with van der Waals surface area (Å²) in [4.78, 5) is 15.7. The van der Waals surface area contributed by atoms with Crippen LogP contribution in [-0.4, -0.2) is 24.5 Å². The molecule has 0 unspecified atom stereocenters. The number of H-pyrrole nitrogens is 1. The molecule has 5 heteroatoms. The van der Waals surface area contributed by atoms with E-state index < -0.39 is 5.91 Å². The molecule has 0 fully saturated rings. The maximum atomic E-state index is 12.2. The van der Waals surface area contributed by atoms with E-state index in [-0.39, 0.29) is 0 Å². The Morgan fingerprint density at radius 2 is 1.96 bits per heavy atom. The van der Waals surface area contributed by atoms with Gasteiger partial charge in [0, 0.05) is 17.4 Å². The molecule has 1 amide bonds. The first-order valence-electron chi connectivity index (χ1n) is 8.21. The fourth-order valence-corrected chi connectivity index (χ4v) is 3.46. The van der Waals surface area contributed by atoms with Gasteiger partial charge in [-0.3, -0.25) is 4.79 Å². The van der Waals surface area contributed by atoms with Crippen LogP contribution in [0.1, 0.15) is 16.8 Å². The second-order valence-electron chi connectivity index (χ2n) is 6.05. The normalized spacial score (nSPS) is 15.4. The highest BCUT2D eigenvalue weighted by Gasteiger charge is 2.25. The van der Waals surface area contributed by atoms with Crippen LogP contribution in [0.2, 0.25) is 0 Å². The molecule has 126 valence electrons. The summed E-state index contributed by atoms with van der Waals surface area (Å²) in [7, 11) is 1.66. The highest BCUT2D eigenvalue weighted by Crippen LogP contribution is 2.35. The number of aromatic nitrogens is 1. The van der Waals surface area contributed by atoms with Gasteiger partial charge < -0.3 is 20.8 Å². The van der Waals surface area contributed by atoms with Crippen LogP contribution in [0.3, 0.4) is 0 Å². The van der Waals surface area contributed by atoms with Crippen LogP contribution in [-0.2, 0) is 11.2 Å². The van der Waals surface area contributed by atoms with Gasteiger partial charge in [0.2, 0.25) is 0 Å². The van der Waals surface area contributed by atoms with E-state index in [1.54, 1.807) is 7.11 Å². The summed E-state index contributed by atoms with van der Waals surface area (Å²) < 4.78 is 5.35. The van der Waals surface area contributed by atoms with Crippen molar-refractivity contribution in [2.45, 2.75) is 6.42 Å². The van der Waals surface area contributed by atoms with E-state index in [0.717, 1.165) is 46.6 Å². The second kappa shape index (κ2) is 6.02. The first-order valence-corrected chi connectivity index (χ1v) is 8.21. The summed E-state index contributed by atoms with van der Waals surface area (Å²) >= 11 is 0. The Bertz CT molecular complexity index is 987. The first kappa shape index (κ1) is 15.3. The Morgan fingerprint density at radius 1 is 1.16 bits per heavy atom. The fraction of sp³-hybridized carbons (Fsp3) is 0.150. The number of carbonyl (C=O) groups is 1. The van der Waals surface area contributed by atoms with Gasteiger partial charge in [-0.25, -0.2) is 0 Å². The number of primary amides is 1. The third-order valence-electron chi connectivity index (χ3n) is 4.60. The third kappa shape index (κ3) is 2.54. The maximum Gasteiger partial charge on any atom is 0.251 e. The van der Waals surface area contributed by atoms with Gasteiger partial charge in [-0.05, 0) is 35.7 Å². The number of amides is 1. The molecule has 25 heavy (non-hydrogen) atoms. The molecule has 2 heterocycles. The number of ether oxygens (including phenoxy) is 1.